The molecule has 0 atom stereocenters. The van der Waals surface area contributed by atoms with Crippen LogP contribution in [0.25, 0.3) is 10.4 Å². The highest BCUT2D eigenvalue weighted by atomic mass is 79.9. The Bertz CT molecular complexity index is 569. The lowest BCUT2D eigenvalue weighted by atomic mass is 10.2. The van der Waals surface area contributed by atoms with Crippen molar-refractivity contribution in [1.82, 2.24) is 15.4 Å². The van der Waals surface area contributed by atoms with Gasteiger partial charge in [0.05, 0.1) is 24.6 Å². The number of hydrazine groups is 1. The average molecular weight is 354 g/mol. The van der Waals surface area contributed by atoms with Crippen LogP contribution >= 0.6 is 27.3 Å². The molecule has 1 aromatic heterocycles. The Labute approximate surface area is 130 Å². The van der Waals surface area contributed by atoms with E-state index >= 15 is 0 Å². The molecular formula is C14H16BrN3OS. The first-order valence-electron chi connectivity index (χ1n) is 6.58. The highest BCUT2D eigenvalue weighted by Gasteiger charge is 2.11. The van der Waals surface area contributed by atoms with Gasteiger partial charge in [0, 0.05) is 23.8 Å². The summed E-state index contributed by atoms with van der Waals surface area (Å²) in [6, 6.07) is 8.31. The maximum Gasteiger partial charge on any atom is 0.108 e. The normalized spacial score (nSPS) is 16.4. The van der Waals surface area contributed by atoms with Crippen LogP contribution in [0.1, 0.15) is 5.01 Å². The molecule has 4 nitrogen and oxygen atoms in total. The minimum absolute atomic E-state index is 0.776. The number of hydrogen-bond acceptors (Lipinski definition) is 5. The number of rotatable bonds is 4. The SMILES string of the molecule is Brc1cccc(-c2cnc(CNN3CCOCC3)s2)c1. The molecule has 1 aliphatic rings. The van der Waals surface area contributed by atoms with Gasteiger partial charge in [-0.2, -0.15) is 0 Å². The Hall–Kier alpha value is -0.790. The van der Waals surface area contributed by atoms with Crippen LogP contribution in [0.3, 0.4) is 0 Å². The van der Waals surface area contributed by atoms with Gasteiger partial charge in [-0.1, -0.05) is 28.1 Å². The van der Waals surface area contributed by atoms with E-state index in [1.54, 1.807) is 11.3 Å². The van der Waals surface area contributed by atoms with Gasteiger partial charge in [0.25, 0.3) is 0 Å². The van der Waals surface area contributed by atoms with Crippen molar-refractivity contribution in [3.63, 3.8) is 0 Å². The third-order valence-electron chi connectivity index (χ3n) is 3.13. The van der Waals surface area contributed by atoms with Gasteiger partial charge in [0.2, 0.25) is 0 Å². The van der Waals surface area contributed by atoms with Crippen molar-refractivity contribution in [3.8, 4) is 10.4 Å². The molecule has 0 radical (unpaired) electrons. The van der Waals surface area contributed by atoms with Crippen molar-refractivity contribution < 1.29 is 4.74 Å². The summed E-state index contributed by atoms with van der Waals surface area (Å²) in [7, 11) is 0. The summed E-state index contributed by atoms with van der Waals surface area (Å²) in [6.07, 6.45) is 1.95. The van der Waals surface area contributed by atoms with Crippen molar-refractivity contribution in [3.05, 3.63) is 39.9 Å². The molecule has 0 spiro atoms. The Morgan fingerprint density at radius 1 is 1.35 bits per heavy atom. The van der Waals surface area contributed by atoms with Gasteiger partial charge in [-0.05, 0) is 17.7 Å². The van der Waals surface area contributed by atoms with E-state index in [4.69, 9.17) is 4.74 Å². The molecular weight excluding hydrogens is 338 g/mol. The Kier molecular flexibility index (Phi) is 4.80. The minimum atomic E-state index is 0.776. The standard InChI is InChI=1S/C14H16BrN3OS/c15-12-3-1-2-11(8-12)13-9-16-14(20-13)10-17-18-4-6-19-7-5-18/h1-3,8-9,17H,4-7,10H2. The maximum atomic E-state index is 5.33. The number of hydrogen-bond donors (Lipinski definition) is 1. The zero-order valence-electron chi connectivity index (χ0n) is 11.0. The molecule has 0 aliphatic carbocycles. The summed E-state index contributed by atoms with van der Waals surface area (Å²) in [5, 5.41) is 3.30. The van der Waals surface area contributed by atoms with Crippen molar-refractivity contribution in [2.75, 3.05) is 26.3 Å². The molecule has 6 heteroatoms. The van der Waals surface area contributed by atoms with Gasteiger partial charge in [0.1, 0.15) is 5.01 Å². The van der Waals surface area contributed by atoms with Crippen LogP contribution < -0.4 is 5.43 Å². The van der Waals surface area contributed by atoms with Crippen LogP contribution in [0, 0.1) is 0 Å². The number of benzene rings is 1. The number of morpholine rings is 1. The fourth-order valence-corrected chi connectivity index (χ4v) is 3.31. The van der Waals surface area contributed by atoms with Gasteiger partial charge in [-0.15, -0.1) is 11.3 Å². The second-order valence-corrected chi connectivity index (χ2v) is 6.59. The van der Waals surface area contributed by atoms with Crippen molar-refractivity contribution in [2.45, 2.75) is 6.54 Å². The van der Waals surface area contributed by atoms with E-state index in [1.165, 1.54) is 10.4 Å². The van der Waals surface area contributed by atoms with E-state index < -0.39 is 0 Å². The van der Waals surface area contributed by atoms with E-state index in [0.29, 0.717) is 0 Å². The summed E-state index contributed by atoms with van der Waals surface area (Å²) >= 11 is 5.23. The quantitative estimate of drug-likeness (QED) is 0.916. The van der Waals surface area contributed by atoms with Crippen LogP contribution in [0.4, 0.5) is 0 Å². The summed E-state index contributed by atoms with van der Waals surface area (Å²) in [6.45, 7) is 4.24. The summed E-state index contributed by atoms with van der Waals surface area (Å²) in [5.74, 6) is 0. The van der Waals surface area contributed by atoms with Gasteiger partial charge >= 0.3 is 0 Å². The Balaban J connectivity index is 1.61. The van der Waals surface area contributed by atoms with Crippen molar-refractivity contribution in [1.29, 1.82) is 0 Å². The number of thiazole rings is 1. The molecule has 0 amide bonds. The van der Waals surface area contributed by atoms with Crippen LogP contribution in [-0.4, -0.2) is 36.3 Å². The maximum absolute atomic E-state index is 5.33. The molecule has 0 saturated carbocycles. The van der Waals surface area contributed by atoms with E-state index in [-0.39, 0.29) is 0 Å². The fraction of sp³-hybridized carbons (Fsp3) is 0.357. The van der Waals surface area contributed by atoms with Crippen molar-refractivity contribution in [2.24, 2.45) is 0 Å². The van der Waals surface area contributed by atoms with Gasteiger partial charge in [-0.3, -0.25) is 0 Å². The molecule has 2 heterocycles. The van der Waals surface area contributed by atoms with Crippen LogP contribution in [0.15, 0.2) is 34.9 Å². The third-order valence-corrected chi connectivity index (χ3v) is 4.67. The average Bonchev–Trinajstić information content (AvgIpc) is 2.95. The smallest absolute Gasteiger partial charge is 0.108 e. The van der Waals surface area contributed by atoms with E-state index in [9.17, 15) is 0 Å². The van der Waals surface area contributed by atoms with Crippen molar-refractivity contribution >= 4 is 27.3 Å². The lowest BCUT2D eigenvalue weighted by Crippen LogP contribution is -2.45. The number of ether oxygens (including phenoxy) is 1. The topological polar surface area (TPSA) is 37.4 Å². The zero-order valence-corrected chi connectivity index (χ0v) is 13.4. The van der Waals surface area contributed by atoms with Crippen LogP contribution in [-0.2, 0) is 11.3 Å². The van der Waals surface area contributed by atoms with Crippen LogP contribution in [0.5, 0.6) is 0 Å². The predicted octanol–water partition coefficient (Wildman–Crippen LogP) is 2.91. The largest absolute Gasteiger partial charge is 0.379 e. The van der Waals surface area contributed by atoms with E-state index in [0.717, 1.165) is 42.3 Å². The molecule has 0 bridgehead atoms. The van der Waals surface area contributed by atoms with E-state index in [1.807, 2.05) is 18.3 Å². The first kappa shape index (κ1) is 14.2. The minimum Gasteiger partial charge on any atom is -0.379 e. The number of aromatic nitrogens is 1. The van der Waals surface area contributed by atoms with Gasteiger partial charge in [-0.25, -0.2) is 15.4 Å². The van der Waals surface area contributed by atoms with Crippen LogP contribution in [0.2, 0.25) is 0 Å². The molecule has 0 unspecified atom stereocenters. The molecule has 1 aromatic carbocycles. The fourth-order valence-electron chi connectivity index (χ4n) is 2.07. The third kappa shape index (κ3) is 3.65. The lowest BCUT2D eigenvalue weighted by molar-refractivity contribution is 0.0105. The van der Waals surface area contributed by atoms with E-state index in [2.05, 4.69) is 43.5 Å². The number of nitrogens with one attached hydrogen (secondary N) is 1. The molecule has 1 N–H and O–H groups in total. The first-order valence-corrected chi connectivity index (χ1v) is 8.19. The first-order chi connectivity index (χ1) is 9.81. The molecule has 1 saturated heterocycles. The monoisotopic (exact) mass is 353 g/mol. The molecule has 1 fully saturated rings. The molecule has 20 heavy (non-hydrogen) atoms. The highest BCUT2D eigenvalue weighted by molar-refractivity contribution is 9.10. The number of nitrogens with zero attached hydrogens (tertiary/aromatic N) is 2. The number of halogens is 1. The second kappa shape index (κ2) is 6.78. The predicted molar refractivity (Wildman–Crippen MR) is 84.5 cm³/mol. The van der Waals surface area contributed by atoms with Gasteiger partial charge < -0.3 is 4.74 Å². The Morgan fingerprint density at radius 2 is 2.20 bits per heavy atom. The summed E-state index contributed by atoms with van der Waals surface area (Å²) in [4.78, 5) is 5.69. The molecule has 1 aliphatic heterocycles. The summed E-state index contributed by atoms with van der Waals surface area (Å²) < 4.78 is 6.42. The Morgan fingerprint density at radius 3 is 3.00 bits per heavy atom. The highest BCUT2D eigenvalue weighted by Crippen LogP contribution is 2.28. The molecule has 3 rings (SSSR count). The lowest BCUT2D eigenvalue weighted by Gasteiger charge is -2.26. The molecule has 2 aromatic rings. The van der Waals surface area contributed by atoms with Gasteiger partial charge in [0.15, 0.2) is 0 Å². The molecule has 106 valence electrons. The zero-order chi connectivity index (χ0) is 13.8. The summed E-state index contributed by atoms with van der Waals surface area (Å²) in [5.41, 5.74) is 4.61. The second-order valence-electron chi connectivity index (χ2n) is 4.56.